The Kier molecular flexibility index (Phi) is 13.3. The number of hydrogen-bond donors (Lipinski definition) is 0. The fourth-order valence-corrected chi connectivity index (χ4v) is 11.2. The van der Waals surface area contributed by atoms with Crippen LogP contribution in [0.5, 0.6) is 0 Å². The van der Waals surface area contributed by atoms with Gasteiger partial charge in [0.05, 0.1) is 17.2 Å². The molecule has 1 radical (unpaired) electrons. The van der Waals surface area contributed by atoms with Gasteiger partial charge in [0.2, 0.25) is 0 Å². The van der Waals surface area contributed by atoms with Gasteiger partial charge in [-0.05, 0) is 99.0 Å². The van der Waals surface area contributed by atoms with E-state index in [4.69, 9.17) is 9.40 Å². The summed E-state index contributed by atoms with van der Waals surface area (Å²) in [5.74, 6) is -0.0932. The van der Waals surface area contributed by atoms with Crippen LogP contribution in [0, 0.1) is 28.9 Å². The second-order valence-corrected chi connectivity index (χ2v) is 25.0. The molecule has 1 saturated heterocycles. The smallest absolute Gasteiger partial charge is 0.130 e. The standard InChI is InChI=1S/C48H53N2OSi.C11H8N.Ir/c1-30(2)40-25-37(32-20-23-52(8,9)24-21-32)26-41(31(3)4)44(40)34-19-22-50-42(27-34)38-17-15-35(28-48(5,6)7)45-39-18-16-36(29-49)43(47(39)51-46(38)45)33-13-11-10-12-14-33;1-2-6-10(7-3-1)11-8-4-5-9-12-11;/h10-16,18-19,22,25-27,30-32H,20-21,23-24,28H2,1-9H3;1-6,8-9H;/q2*-1;/i28D2,32D;;. The molecule has 0 unspecified atom stereocenters. The minimum absolute atomic E-state index is 0. The first-order valence-corrected chi connectivity index (χ1v) is 26.2. The predicted octanol–water partition coefficient (Wildman–Crippen LogP) is 16.6. The molecule has 65 heavy (non-hydrogen) atoms. The third-order valence-electron chi connectivity index (χ3n) is 12.4. The van der Waals surface area contributed by atoms with Crippen molar-refractivity contribution in [2.75, 3.05) is 0 Å². The molecule has 8 aromatic rings. The van der Waals surface area contributed by atoms with Gasteiger partial charge in [-0.1, -0.05) is 158 Å². The number of hydrogen-bond acceptors (Lipinski definition) is 4. The molecule has 6 heteroatoms. The van der Waals surface area contributed by atoms with Crippen molar-refractivity contribution in [2.45, 2.75) is 111 Å². The number of nitriles is 1. The number of benzene rings is 5. The second kappa shape index (κ2) is 20.0. The van der Waals surface area contributed by atoms with Gasteiger partial charge < -0.3 is 14.4 Å². The largest absolute Gasteiger partial charge is 0.500 e. The monoisotopic (exact) mass is 1050 g/mol. The number of nitrogens with zero attached hydrogens (tertiary/aromatic N) is 3. The summed E-state index contributed by atoms with van der Waals surface area (Å²) in [6.45, 7) is 19.6. The topological polar surface area (TPSA) is 62.7 Å². The summed E-state index contributed by atoms with van der Waals surface area (Å²) in [5.41, 5.74) is 12.0. The number of aromatic nitrogens is 2. The molecular formula is C59H61IrN3OSi-2. The van der Waals surface area contributed by atoms with Crippen molar-refractivity contribution in [1.82, 2.24) is 9.97 Å². The Morgan fingerprint density at radius 3 is 2.08 bits per heavy atom. The SMILES string of the molecule is [2H]C1(c2cc(C(C)C)c(-c3ccnc(-c4[c-]cc(C([2H])([2H])C(C)(C)C)c5c4oc4c(-c6ccccc6)c(C#N)ccc45)c3)c(C(C)C)c2)CC[Si](C)(C)CC1.[Ir].[c-]1ccccc1-c1ccccn1. The molecule has 0 N–H and O–H groups in total. The first-order chi connectivity index (χ1) is 31.8. The maximum Gasteiger partial charge on any atom is 0.130 e. The van der Waals surface area contributed by atoms with Crippen molar-refractivity contribution < 1.29 is 28.6 Å². The zero-order chi connectivity index (χ0) is 47.9. The van der Waals surface area contributed by atoms with E-state index in [2.05, 4.69) is 88.2 Å². The molecule has 0 spiro atoms. The van der Waals surface area contributed by atoms with E-state index in [1.54, 1.807) is 12.3 Å². The van der Waals surface area contributed by atoms with Crippen LogP contribution in [0.2, 0.25) is 25.2 Å². The normalized spacial score (nSPS) is 15.3. The number of rotatable bonds is 8. The summed E-state index contributed by atoms with van der Waals surface area (Å²) in [4.78, 5) is 9.13. The average Bonchev–Trinajstić information content (AvgIpc) is 3.72. The Morgan fingerprint density at radius 2 is 1.46 bits per heavy atom. The van der Waals surface area contributed by atoms with E-state index in [-0.39, 0.29) is 31.9 Å². The quantitative estimate of drug-likeness (QED) is 0.112. The van der Waals surface area contributed by atoms with Crippen LogP contribution in [0.3, 0.4) is 0 Å². The van der Waals surface area contributed by atoms with Crippen LogP contribution < -0.4 is 0 Å². The van der Waals surface area contributed by atoms with E-state index in [9.17, 15) is 9.37 Å². The average molecular weight is 1050 g/mol. The molecule has 1 aliphatic rings. The van der Waals surface area contributed by atoms with E-state index in [1.807, 2.05) is 112 Å². The van der Waals surface area contributed by atoms with E-state index in [1.165, 1.54) is 28.8 Å². The molecule has 1 aliphatic heterocycles. The van der Waals surface area contributed by atoms with Crippen LogP contribution in [-0.4, -0.2) is 18.0 Å². The van der Waals surface area contributed by atoms with Gasteiger partial charge in [0.15, 0.2) is 0 Å². The zero-order valence-corrected chi connectivity index (χ0v) is 42.6. The van der Waals surface area contributed by atoms with E-state index in [0.29, 0.717) is 44.5 Å². The number of pyridine rings is 2. The fourth-order valence-electron chi connectivity index (χ4n) is 9.01. The van der Waals surface area contributed by atoms with Gasteiger partial charge in [0.1, 0.15) is 5.58 Å². The minimum Gasteiger partial charge on any atom is -0.500 e. The summed E-state index contributed by atoms with van der Waals surface area (Å²) in [6.07, 6.45) is 3.75. The molecule has 0 saturated carbocycles. The van der Waals surface area contributed by atoms with Crippen LogP contribution >= 0.6 is 0 Å². The van der Waals surface area contributed by atoms with E-state index in [0.717, 1.165) is 46.2 Å². The van der Waals surface area contributed by atoms with Gasteiger partial charge in [0, 0.05) is 55.6 Å². The molecule has 4 heterocycles. The summed E-state index contributed by atoms with van der Waals surface area (Å²) in [5, 5.41) is 11.7. The van der Waals surface area contributed by atoms with Gasteiger partial charge in [-0.25, -0.2) is 0 Å². The first-order valence-electron chi connectivity index (χ1n) is 24.3. The van der Waals surface area contributed by atoms with Gasteiger partial charge in [-0.3, -0.25) is 0 Å². The molecule has 0 aliphatic carbocycles. The molecule has 0 amide bonds. The van der Waals surface area contributed by atoms with Crippen molar-refractivity contribution >= 4 is 30.0 Å². The van der Waals surface area contributed by atoms with Gasteiger partial charge >= 0.3 is 0 Å². The number of fused-ring (bicyclic) bond motifs is 3. The molecule has 1 fully saturated rings. The van der Waals surface area contributed by atoms with Crippen molar-refractivity contribution in [2.24, 2.45) is 5.41 Å². The van der Waals surface area contributed by atoms with Gasteiger partial charge in [-0.2, -0.15) is 5.26 Å². The second-order valence-electron chi connectivity index (χ2n) is 19.6. The van der Waals surface area contributed by atoms with Crippen molar-refractivity contribution in [3.63, 3.8) is 0 Å². The van der Waals surface area contributed by atoms with E-state index >= 15 is 0 Å². The minimum atomic E-state index is -1.74. The summed E-state index contributed by atoms with van der Waals surface area (Å²) < 4.78 is 35.4. The molecule has 0 bridgehead atoms. The van der Waals surface area contributed by atoms with Crippen LogP contribution in [0.25, 0.3) is 66.7 Å². The maximum absolute atomic E-state index is 10.2. The third-order valence-corrected chi connectivity index (χ3v) is 15.6. The van der Waals surface area contributed by atoms with Crippen LogP contribution in [0.1, 0.15) is 111 Å². The summed E-state index contributed by atoms with van der Waals surface area (Å²) in [6, 6.07) is 49.1. The van der Waals surface area contributed by atoms with Crippen LogP contribution in [0.15, 0.2) is 132 Å². The predicted molar refractivity (Wildman–Crippen MR) is 270 cm³/mol. The zero-order valence-electron chi connectivity index (χ0n) is 42.2. The van der Waals surface area contributed by atoms with Crippen LogP contribution in [0.4, 0.5) is 0 Å². The molecule has 333 valence electrons. The third kappa shape index (κ3) is 10.5. The van der Waals surface area contributed by atoms with Crippen LogP contribution in [-0.2, 0) is 26.5 Å². The van der Waals surface area contributed by atoms with Gasteiger partial charge in [-0.15, -0.1) is 53.6 Å². The molecule has 0 atom stereocenters. The Morgan fingerprint density at radius 1 is 0.785 bits per heavy atom. The molecule has 3 aromatic heterocycles. The van der Waals surface area contributed by atoms with Crippen molar-refractivity contribution in [3.8, 4) is 50.8 Å². The molecule has 5 aromatic carbocycles. The summed E-state index contributed by atoms with van der Waals surface area (Å²) in [7, 11) is -1.24. The fraction of sp³-hybridized carbons (Fsp3) is 0.305. The molecule has 9 rings (SSSR count). The Bertz CT molecular complexity index is 3020. The van der Waals surface area contributed by atoms with Crippen molar-refractivity contribution in [3.05, 3.63) is 168 Å². The maximum atomic E-state index is 10.2. The Labute approximate surface area is 406 Å². The summed E-state index contributed by atoms with van der Waals surface area (Å²) >= 11 is 0. The molecule has 4 nitrogen and oxygen atoms in total. The Hall–Kier alpha value is -5.44. The van der Waals surface area contributed by atoms with Gasteiger partial charge in [0.25, 0.3) is 0 Å². The first kappa shape index (κ1) is 43.4. The van der Waals surface area contributed by atoms with Crippen molar-refractivity contribution in [1.29, 1.82) is 5.26 Å². The molecular weight excluding hydrogens is 987 g/mol. The number of furan rings is 1. The van der Waals surface area contributed by atoms with E-state index < -0.39 is 25.8 Å². The Balaban J connectivity index is 0.000000456.